The molecular weight excluding hydrogens is 256 g/mol. The average Bonchev–Trinajstić information content (AvgIpc) is 2.91. The van der Waals surface area contributed by atoms with Crippen LogP contribution in [-0.4, -0.2) is 43.0 Å². The minimum atomic E-state index is -0.452. The summed E-state index contributed by atoms with van der Waals surface area (Å²) in [5, 5.41) is 9.77. The third-order valence-electron chi connectivity index (χ3n) is 3.36. The lowest BCUT2D eigenvalue weighted by Crippen LogP contribution is -2.44. The summed E-state index contributed by atoms with van der Waals surface area (Å²) in [5.74, 6) is 0.297. The van der Waals surface area contributed by atoms with E-state index in [9.17, 15) is 4.79 Å². The van der Waals surface area contributed by atoms with Gasteiger partial charge in [-0.1, -0.05) is 18.2 Å². The van der Waals surface area contributed by atoms with Gasteiger partial charge in [-0.25, -0.2) is 0 Å². The summed E-state index contributed by atoms with van der Waals surface area (Å²) >= 11 is 0. The highest BCUT2D eigenvalue weighted by atomic mass is 16.5. The van der Waals surface area contributed by atoms with E-state index in [0.29, 0.717) is 31.0 Å². The van der Waals surface area contributed by atoms with Gasteiger partial charge >= 0.3 is 0 Å². The molecule has 1 aromatic carbocycles. The fourth-order valence-corrected chi connectivity index (χ4v) is 2.32. The number of Topliss-reactive ketones (excluding diaryl/α,β-unsaturated/α-hetero) is 1. The zero-order valence-electron chi connectivity index (χ0n) is 10.9. The SMILES string of the molecule is N#CC1CN(CC(=O)c2cc3ccccc3o2)CCO1. The first-order chi connectivity index (χ1) is 9.76. The van der Waals surface area contributed by atoms with Crippen LogP contribution >= 0.6 is 0 Å². The summed E-state index contributed by atoms with van der Waals surface area (Å²) in [5.41, 5.74) is 0.715. The summed E-state index contributed by atoms with van der Waals surface area (Å²) in [7, 11) is 0. The second-order valence-electron chi connectivity index (χ2n) is 4.80. The number of ether oxygens (including phenoxy) is 1. The molecule has 2 aromatic rings. The van der Waals surface area contributed by atoms with Gasteiger partial charge in [-0.2, -0.15) is 5.26 Å². The smallest absolute Gasteiger partial charge is 0.211 e. The van der Waals surface area contributed by atoms with Crippen molar-refractivity contribution in [1.29, 1.82) is 5.26 Å². The fraction of sp³-hybridized carbons (Fsp3) is 0.333. The van der Waals surface area contributed by atoms with Crippen molar-refractivity contribution in [3.63, 3.8) is 0 Å². The molecule has 1 saturated heterocycles. The molecule has 0 spiro atoms. The molecule has 3 rings (SSSR count). The topological polar surface area (TPSA) is 66.5 Å². The minimum Gasteiger partial charge on any atom is -0.453 e. The van der Waals surface area contributed by atoms with Crippen LogP contribution in [0.1, 0.15) is 10.6 Å². The number of hydrogen-bond donors (Lipinski definition) is 0. The number of para-hydroxylation sites is 1. The largest absolute Gasteiger partial charge is 0.453 e. The zero-order chi connectivity index (χ0) is 13.9. The maximum absolute atomic E-state index is 12.2. The van der Waals surface area contributed by atoms with E-state index >= 15 is 0 Å². The van der Waals surface area contributed by atoms with Gasteiger partial charge in [-0.05, 0) is 12.1 Å². The van der Waals surface area contributed by atoms with Crippen LogP contribution < -0.4 is 0 Å². The van der Waals surface area contributed by atoms with Crippen LogP contribution in [0.2, 0.25) is 0 Å². The Morgan fingerprint density at radius 1 is 1.45 bits per heavy atom. The molecular formula is C15H14N2O3. The van der Waals surface area contributed by atoms with E-state index in [4.69, 9.17) is 14.4 Å². The summed E-state index contributed by atoms with van der Waals surface area (Å²) < 4.78 is 10.8. The Hall–Kier alpha value is -2.16. The van der Waals surface area contributed by atoms with E-state index in [0.717, 1.165) is 5.39 Å². The lowest BCUT2D eigenvalue weighted by atomic mass is 10.2. The van der Waals surface area contributed by atoms with Gasteiger partial charge in [0.05, 0.1) is 19.2 Å². The molecule has 5 nitrogen and oxygen atoms in total. The quantitative estimate of drug-likeness (QED) is 0.796. The Kier molecular flexibility index (Phi) is 3.50. The second-order valence-corrected chi connectivity index (χ2v) is 4.80. The highest BCUT2D eigenvalue weighted by molar-refractivity contribution is 5.98. The molecule has 1 aliphatic rings. The minimum absolute atomic E-state index is 0.0696. The maximum atomic E-state index is 12.2. The van der Waals surface area contributed by atoms with Gasteiger partial charge in [0.15, 0.2) is 11.9 Å². The number of hydrogen-bond acceptors (Lipinski definition) is 5. The number of benzene rings is 1. The molecule has 20 heavy (non-hydrogen) atoms. The Morgan fingerprint density at radius 2 is 2.30 bits per heavy atom. The van der Waals surface area contributed by atoms with Crippen LogP contribution in [0.15, 0.2) is 34.7 Å². The van der Waals surface area contributed by atoms with Gasteiger partial charge in [0.25, 0.3) is 0 Å². The molecule has 2 heterocycles. The fourth-order valence-electron chi connectivity index (χ4n) is 2.32. The molecule has 0 bridgehead atoms. The third-order valence-corrected chi connectivity index (χ3v) is 3.36. The van der Waals surface area contributed by atoms with Crippen LogP contribution in [-0.2, 0) is 4.74 Å². The van der Waals surface area contributed by atoms with Crippen molar-refractivity contribution in [3.05, 3.63) is 36.1 Å². The second kappa shape index (κ2) is 5.45. The Bertz CT molecular complexity index is 638. The van der Waals surface area contributed by atoms with E-state index in [1.165, 1.54) is 0 Å². The summed E-state index contributed by atoms with van der Waals surface area (Å²) in [6.45, 7) is 1.85. The van der Waals surface area contributed by atoms with Crippen LogP contribution in [0.5, 0.6) is 0 Å². The maximum Gasteiger partial charge on any atom is 0.211 e. The van der Waals surface area contributed by atoms with Crippen LogP contribution in [0.25, 0.3) is 11.0 Å². The first kappa shape index (κ1) is 12.9. The van der Waals surface area contributed by atoms with Crippen molar-refractivity contribution in [2.75, 3.05) is 26.2 Å². The lowest BCUT2D eigenvalue weighted by molar-refractivity contribution is 0.00212. The molecule has 1 fully saturated rings. The molecule has 1 unspecified atom stereocenters. The van der Waals surface area contributed by atoms with E-state index < -0.39 is 6.10 Å². The van der Waals surface area contributed by atoms with E-state index in [1.54, 1.807) is 6.07 Å². The molecule has 0 saturated carbocycles. The summed E-state index contributed by atoms with van der Waals surface area (Å²) in [6.07, 6.45) is -0.452. The first-order valence-electron chi connectivity index (χ1n) is 6.51. The molecule has 0 amide bonds. The molecule has 0 aliphatic carbocycles. The van der Waals surface area contributed by atoms with Crippen molar-refractivity contribution in [1.82, 2.24) is 4.90 Å². The van der Waals surface area contributed by atoms with Crippen molar-refractivity contribution in [2.45, 2.75) is 6.10 Å². The molecule has 0 radical (unpaired) electrons. The Labute approximate surface area is 116 Å². The predicted molar refractivity (Wildman–Crippen MR) is 72.3 cm³/mol. The standard InChI is InChI=1S/C15H14N2O3/c16-8-12-9-17(5-6-19-12)10-13(18)15-7-11-3-1-2-4-14(11)20-15/h1-4,7,12H,5-6,9-10H2. The molecule has 1 atom stereocenters. The van der Waals surface area contributed by atoms with Crippen molar-refractivity contribution < 1.29 is 13.9 Å². The highest BCUT2D eigenvalue weighted by Gasteiger charge is 2.23. The average molecular weight is 270 g/mol. The van der Waals surface area contributed by atoms with E-state index in [2.05, 4.69) is 6.07 Å². The number of ketones is 1. The first-order valence-corrected chi connectivity index (χ1v) is 6.51. The lowest BCUT2D eigenvalue weighted by Gasteiger charge is -2.28. The monoisotopic (exact) mass is 270 g/mol. The normalized spacial score (nSPS) is 19.9. The van der Waals surface area contributed by atoms with Crippen LogP contribution in [0, 0.1) is 11.3 Å². The van der Waals surface area contributed by atoms with E-state index in [-0.39, 0.29) is 12.3 Å². The summed E-state index contributed by atoms with van der Waals surface area (Å²) in [6, 6.07) is 11.4. The van der Waals surface area contributed by atoms with Crippen molar-refractivity contribution in [3.8, 4) is 6.07 Å². The highest BCUT2D eigenvalue weighted by Crippen LogP contribution is 2.19. The van der Waals surface area contributed by atoms with E-state index in [1.807, 2.05) is 29.2 Å². The number of rotatable bonds is 3. The number of fused-ring (bicyclic) bond motifs is 1. The number of furan rings is 1. The zero-order valence-corrected chi connectivity index (χ0v) is 10.9. The number of carbonyl (C=O) groups excluding carboxylic acids is 1. The molecule has 0 N–H and O–H groups in total. The summed E-state index contributed by atoms with van der Waals surface area (Å²) in [4.78, 5) is 14.1. The predicted octanol–water partition coefficient (Wildman–Crippen LogP) is 1.84. The van der Waals surface area contributed by atoms with Gasteiger partial charge in [0.1, 0.15) is 5.58 Å². The molecule has 1 aromatic heterocycles. The molecule has 1 aliphatic heterocycles. The van der Waals surface area contributed by atoms with Crippen LogP contribution in [0.3, 0.4) is 0 Å². The Balaban J connectivity index is 1.71. The number of nitriles is 1. The Morgan fingerprint density at radius 3 is 3.10 bits per heavy atom. The number of carbonyl (C=O) groups is 1. The van der Waals surface area contributed by atoms with Gasteiger partial charge < -0.3 is 9.15 Å². The van der Waals surface area contributed by atoms with Gasteiger partial charge in [-0.15, -0.1) is 0 Å². The number of nitrogens with zero attached hydrogens (tertiary/aromatic N) is 2. The molecule has 5 heteroatoms. The van der Waals surface area contributed by atoms with Crippen molar-refractivity contribution in [2.24, 2.45) is 0 Å². The van der Waals surface area contributed by atoms with Crippen molar-refractivity contribution >= 4 is 16.8 Å². The third kappa shape index (κ3) is 2.57. The van der Waals surface area contributed by atoms with Gasteiger partial charge in [0.2, 0.25) is 5.78 Å². The van der Waals surface area contributed by atoms with Gasteiger partial charge in [-0.3, -0.25) is 9.69 Å². The number of morpholine rings is 1. The van der Waals surface area contributed by atoms with Gasteiger partial charge in [0, 0.05) is 18.5 Å². The van der Waals surface area contributed by atoms with Crippen LogP contribution in [0.4, 0.5) is 0 Å². The molecule has 102 valence electrons.